The van der Waals surface area contributed by atoms with E-state index in [0.717, 1.165) is 12.8 Å². The summed E-state index contributed by atoms with van der Waals surface area (Å²) in [6.07, 6.45) is 1.74. The molecule has 0 fully saturated rings. The molecule has 0 radical (unpaired) electrons. The van der Waals surface area contributed by atoms with E-state index in [0.29, 0.717) is 17.9 Å². The number of benzene rings is 1. The first-order valence-electron chi connectivity index (χ1n) is 6.74. The maximum Gasteiger partial charge on any atom is 0.305 e. The Morgan fingerprint density at radius 1 is 1.25 bits per heavy atom. The maximum atomic E-state index is 12.5. The molecule has 0 aliphatic rings. The van der Waals surface area contributed by atoms with Crippen LogP contribution in [0.4, 0.5) is 0 Å². The normalized spacial score (nSPS) is 10.1. The number of aliphatic carboxylic acids is 1. The van der Waals surface area contributed by atoms with Crippen LogP contribution in [0.1, 0.15) is 36.5 Å². The highest BCUT2D eigenvalue weighted by atomic mass is 16.5. The molecule has 0 aliphatic carbocycles. The molecule has 1 aromatic carbocycles. The molecule has 1 aromatic rings. The standard InChI is InChI=1S/C15H21NO4/c1-3-4-10-16(11-9-14(17)18)15(19)12-7-5-6-8-13(12)20-2/h5-8H,3-4,9-11H2,1-2H3,(H,17,18). The largest absolute Gasteiger partial charge is 0.496 e. The summed E-state index contributed by atoms with van der Waals surface area (Å²) < 4.78 is 5.18. The van der Waals surface area contributed by atoms with Gasteiger partial charge in [-0.25, -0.2) is 0 Å². The number of carbonyl (C=O) groups is 2. The van der Waals surface area contributed by atoms with Crippen LogP contribution in [-0.2, 0) is 4.79 Å². The van der Waals surface area contributed by atoms with Crippen LogP contribution in [0.3, 0.4) is 0 Å². The lowest BCUT2D eigenvalue weighted by atomic mass is 10.1. The SMILES string of the molecule is CCCCN(CCC(=O)O)C(=O)c1ccccc1OC. The minimum atomic E-state index is -0.903. The average Bonchev–Trinajstić information content (AvgIpc) is 2.46. The second-order valence-electron chi connectivity index (χ2n) is 4.49. The minimum absolute atomic E-state index is 0.0510. The van der Waals surface area contributed by atoms with E-state index in [2.05, 4.69) is 0 Å². The number of amides is 1. The third-order valence-corrected chi connectivity index (χ3v) is 3.00. The summed E-state index contributed by atoms with van der Waals surface area (Å²) in [4.78, 5) is 24.8. The zero-order valence-corrected chi connectivity index (χ0v) is 12.0. The van der Waals surface area contributed by atoms with E-state index >= 15 is 0 Å². The lowest BCUT2D eigenvalue weighted by Crippen LogP contribution is -2.34. The second kappa shape index (κ2) is 8.19. The van der Waals surface area contributed by atoms with Gasteiger partial charge in [0, 0.05) is 13.1 Å². The van der Waals surface area contributed by atoms with Gasteiger partial charge in [0.25, 0.3) is 5.91 Å². The summed E-state index contributed by atoms with van der Waals surface area (Å²) in [5.74, 6) is -0.578. The maximum absolute atomic E-state index is 12.5. The van der Waals surface area contributed by atoms with Gasteiger partial charge in [0.2, 0.25) is 0 Å². The highest BCUT2D eigenvalue weighted by Crippen LogP contribution is 2.19. The van der Waals surface area contributed by atoms with Crippen molar-refractivity contribution in [1.82, 2.24) is 4.90 Å². The Hall–Kier alpha value is -2.04. The quantitative estimate of drug-likeness (QED) is 0.793. The van der Waals surface area contributed by atoms with Crippen molar-refractivity contribution in [2.45, 2.75) is 26.2 Å². The highest BCUT2D eigenvalue weighted by molar-refractivity contribution is 5.97. The lowest BCUT2D eigenvalue weighted by molar-refractivity contribution is -0.137. The molecule has 5 nitrogen and oxygen atoms in total. The summed E-state index contributed by atoms with van der Waals surface area (Å²) >= 11 is 0. The van der Waals surface area contributed by atoms with Gasteiger partial charge >= 0.3 is 5.97 Å². The average molecular weight is 279 g/mol. The predicted octanol–water partition coefficient (Wildman–Crippen LogP) is 2.41. The van der Waals surface area contributed by atoms with E-state index in [-0.39, 0.29) is 18.9 Å². The first-order valence-corrected chi connectivity index (χ1v) is 6.74. The van der Waals surface area contributed by atoms with Crippen LogP contribution >= 0.6 is 0 Å². The van der Waals surface area contributed by atoms with Crippen molar-refractivity contribution in [3.8, 4) is 5.75 Å². The zero-order chi connectivity index (χ0) is 15.0. The van der Waals surface area contributed by atoms with Gasteiger partial charge < -0.3 is 14.7 Å². The van der Waals surface area contributed by atoms with Crippen molar-refractivity contribution in [1.29, 1.82) is 0 Å². The van der Waals surface area contributed by atoms with Gasteiger partial charge in [0.15, 0.2) is 0 Å². The molecule has 0 saturated heterocycles. The number of ether oxygens (including phenoxy) is 1. The van der Waals surface area contributed by atoms with E-state index in [1.165, 1.54) is 7.11 Å². The van der Waals surface area contributed by atoms with Gasteiger partial charge in [0.05, 0.1) is 19.1 Å². The Balaban J connectivity index is 2.87. The number of unbranched alkanes of at least 4 members (excludes halogenated alkanes) is 1. The predicted molar refractivity (Wildman–Crippen MR) is 76.1 cm³/mol. The molecule has 0 saturated carbocycles. The smallest absolute Gasteiger partial charge is 0.305 e. The topological polar surface area (TPSA) is 66.8 Å². The molecule has 0 aliphatic heterocycles. The van der Waals surface area contributed by atoms with Crippen LogP contribution in [0.25, 0.3) is 0 Å². The van der Waals surface area contributed by atoms with Crippen LogP contribution < -0.4 is 4.74 Å². The number of rotatable bonds is 8. The Morgan fingerprint density at radius 3 is 2.55 bits per heavy atom. The molecular weight excluding hydrogens is 258 g/mol. The zero-order valence-electron chi connectivity index (χ0n) is 12.0. The van der Waals surface area contributed by atoms with Gasteiger partial charge in [-0.2, -0.15) is 0 Å². The highest BCUT2D eigenvalue weighted by Gasteiger charge is 2.19. The van der Waals surface area contributed by atoms with Crippen LogP contribution in [0.15, 0.2) is 24.3 Å². The van der Waals surface area contributed by atoms with E-state index in [1.54, 1.807) is 29.2 Å². The van der Waals surface area contributed by atoms with Crippen molar-refractivity contribution in [2.75, 3.05) is 20.2 Å². The van der Waals surface area contributed by atoms with Crippen LogP contribution in [0, 0.1) is 0 Å². The number of carbonyl (C=O) groups excluding carboxylic acids is 1. The third kappa shape index (κ3) is 4.57. The van der Waals surface area contributed by atoms with Gasteiger partial charge in [-0.05, 0) is 18.6 Å². The molecule has 0 aromatic heterocycles. The van der Waals surface area contributed by atoms with E-state index in [4.69, 9.17) is 9.84 Å². The fraction of sp³-hybridized carbons (Fsp3) is 0.467. The van der Waals surface area contributed by atoms with Gasteiger partial charge in [-0.3, -0.25) is 9.59 Å². The Bertz CT molecular complexity index is 459. The van der Waals surface area contributed by atoms with Crippen molar-refractivity contribution in [3.63, 3.8) is 0 Å². The summed E-state index contributed by atoms with van der Waals surface area (Å²) in [5, 5.41) is 8.78. The molecule has 5 heteroatoms. The molecule has 1 amide bonds. The first-order chi connectivity index (χ1) is 9.60. The summed E-state index contributed by atoms with van der Waals surface area (Å²) in [5.41, 5.74) is 0.469. The van der Waals surface area contributed by atoms with E-state index < -0.39 is 5.97 Å². The van der Waals surface area contributed by atoms with Crippen LogP contribution in [-0.4, -0.2) is 42.1 Å². The van der Waals surface area contributed by atoms with E-state index in [9.17, 15) is 9.59 Å². The Morgan fingerprint density at radius 2 is 1.95 bits per heavy atom. The van der Waals surface area contributed by atoms with Crippen LogP contribution in [0.2, 0.25) is 0 Å². The molecule has 0 spiro atoms. The summed E-state index contributed by atoms with van der Waals surface area (Å²) in [6.45, 7) is 2.80. The number of methoxy groups -OCH3 is 1. The number of para-hydroxylation sites is 1. The lowest BCUT2D eigenvalue weighted by Gasteiger charge is -2.22. The number of hydrogen-bond acceptors (Lipinski definition) is 3. The summed E-state index contributed by atoms with van der Waals surface area (Å²) in [6, 6.07) is 6.98. The minimum Gasteiger partial charge on any atom is -0.496 e. The van der Waals surface area contributed by atoms with Gasteiger partial charge in [0.1, 0.15) is 5.75 Å². The molecule has 20 heavy (non-hydrogen) atoms. The third-order valence-electron chi connectivity index (χ3n) is 3.00. The van der Waals surface area contributed by atoms with Gasteiger partial charge in [-0.15, -0.1) is 0 Å². The monoisotopic (exact) mass is 279 g/mol. The van der Waals surface area contributed by atoms with Crippen molar-refractivity contribution in [3.05, 3.63) is 29.8 Å². The second-order valence-corrected chi connectivity index (χ2v) is 4.49. The molecule has 0 unspecified atom stereocenters. The molecule has 0 bridgehead atoms. The molecule has 1 N–H and O–H groups in total. The van der Waals surface area contributed by atoms with Crippen molar-refractivity contribution < 1.29 is 19.4 Å². The van der Waals surface area contributed by atoms with Crippen LogP contribution in [0.5, 0.6) is 5.75 Å². The molecule has 1 rings (SSSR count). The first kappa shape index (κ1) is 16.0. The Kier molecular flexibility index (Phi) is 6.56. The number of carboxylic acid groups (broad SMARTS) is 1. The Labute approximate surface area is 119 Å². The number of carboxylic acids is 1. The van der Waals surface area contributed by atoms with Gasteiger partial charge in [-0.1, -0.05) is 25.5 Å². The number of nitrogens with zero attached hydrogens (tertiary/aromatic N) is 1. The fourth-order valence-corrected chi connectivity index (χ4v) is 1.89. The summed E-state index contributed by atoms with van der Waals surface area (Å²) in [7, 11) is 1.51. The fourth-order valence-electron chi connectivity index (χ4n) is 1.89. The van der Waals surface area contributed by atoms with Crippen molar-refractivity contribution >= 4 is 11.9 Å². The van der Waals surface area contributed by atoms with E-state index in [1.807, 2.05) is 6.92 Å². The van der Waals surface area contributed by atoms with Crippen molar-refractivity contribution in [2.24, 2.45) is 0 Å². The molecule has 110 valence electrons. The molecule has 0 atom stereocenters. The number of hydrogen-bond donors (Lipinski definition) is 1. The molecular formula is C15H21NO4. The molecule has 0 heterocycles.